The van der Waals surface area contributed by atoms with E-state index in [0.29, 0.717) is 18.9 Å². The van der Waals surface area contributed by atoms with Crippen molar-refractivity contribution >= 4 is 18.3 Å². The van der Waals surface area contributed by atoms with Crippen LogP contribution in [0.4, 0.5) is 0 Å². The zero-order chi connectivity index (χ0) is 13.7. The molecule has 2 atom stereocenters. The van der Waals surface area contributed by atoms with Gasteiger partial charge in [-0.15, -0.1) is 12.4 Å². The maximum absolute atomic E-state index is 11.9. The fourth-order valence-electron chi connectivity index (χ4n) is 2.61. The second-order valence-electron chi connectivity index (χ2n) is 5.19. The van der Waals surface area contributed by atoms with Crippen molar-refractivity contribution in [2.45, 2.75) is 38.3 Å². The van der Waals surface area contributed by atoms with E-state index in [0.717, 1.165) is 30.6 Å². The van der Waals surface area contributed by atoms with Gasteiger partial charge in [0.25, 0.3) is 0 Å². The average Bonchev–Trinajstić information content (AvgIpc) is 2.82. The van der Waals surface area contributed by atoms with Gasteiger partial charge < -0.3 is 15.8 Å². The lowest BCUT2D eigenvalue weighted by Crippen LogP contribution is -2.31. The molecule has 0 spiro atoms. The Morgan fingerprint density at radius 3 is 2.90 bits per heavy atom. The number of hydrogen-bond donors (Lipinski definition) is 2. The van der Waals surface area contributed by atoms with Crippen LogP contribution in [0.25, 0.3) is 0 Å². The van der Waals surface area contributed by atoms with Gasteiger partial charge in [-0.2, -0.15) is 0 Å². The maximum atomic E-state index is 11.9. The summed E-state index contributed by atoms with van der Waals surface area (Å²) in [5, 5.41) is 2.95. The molecule has 5 heteroatoms. The fourth-order valence-corrected chi connectivity index (χ4v) is 2.61. The summed E-state index contributed by atoms with van der Waals surface area (Å²) in [6.07, 6.45) is 3.82. The lowest BCUT2D eigenvalue weighted by Gasteiger charge is -2.14. The standard InChI is InChI=1S/C15H22N2O2.ClH/c1-19-13-6-2-4-11(8-13)10-17-15(18)9-12-5-3-7-14(12)16;/h2,4,6,8,12,14H,3,5,7,9-10,16H2,1H3,(H,17,18);1H/t12-,14+;/m0./s1. The monoisotopic (exact) mass is 298 g/mol. The summed E-state index contributed by atoms with van der Waals surface area (Å²) in [6.45, 7) is 0.540. The van der Waals surface area contributed by atoms with Crippen LogP contribution in [0.15, 0.2) is 24.3 Å². The van der Waals surface area contributed by atoms with E-state index >= 15 is 0 Å². The number of nitrogens with two attached hydrogens (primary N) is 1. The number of halogens is 1. The highest BCUT2D eigenvalue weighted by atomic mass is 35.5. The van der Waals surface area contributed by atoms with Crippen molar-refractivity contribution in [3.05, 3.63) is 29.8 Å². The van der Waals surface area contributed by atoms with Gasteiger partial charge in [0, 0.05) is 19.0 Å². The molecule has 1 aromatic rings. The first-order valence-corrected chi connectivity index (χ1v) is 6.84. The molecule has 1 saturated carbocycles. The van der Waals surface area contributed by atoms with Gasteiger partial charge in [-0.1, -0.05) is 18.6 Å². The van der Waals surface area contributed by atoms with Crippen molar-refractivity contribution in [3.63, 3.8) is 0 Å². The molecule has 2 rings (SSSR count). The Hall–Kier alpha value is -1.26. The molecule has 0 aromatic heterocycles. The van der Waals surface area contributed by atoms with Crippen LogP contribution in [0.1, 0.15) is 31.2 Å². The summed E-state index contributed by atoms with van der Waals surface area (Å²) in [5.74, 6) is 1.25. The highest BCUT2D eigenvalue weighted by molar-refractivity contribution is 5.85. The zero-order valence-electron chi connectivity index (χ0n) is 11.8. The van der Waals surface area contributed by atoms with Gasteiger partial charge in [-0.3, -0.25) is 4.79 Å². The summed E-state index contributed by atoms with van der Waals surface area (Å²) in [6, 6.07) is 7.92. The van der Waals surface area contributed by atoms with Gasteiger partial charge in [0.05, 0.1) is 7.11 Å². The number of ether oxygens (including phenoxy) is 1. The largest absolute Gasteiger partial charge is 0.497 e. The lowest BCUT2D eigenvalue weighted by molar-refractivity contribution is -0.122. The predicted octanol–water partition coefficient (Wildman–Crippen LogP) is 2.25. The van der Waals surface area contributed by atoms with Crippen LogP contribution in [-0.2, 0) is 11.3 Å². The van der Waals surface area contributed by atoms with Crippen molar-refractivity contribution in [2.24, 2.45) is 11.7 Å². The molecule has 1 aliphatic carbocycles. The summed E-state index contributed by atoms with van der Waals surface area (Å²) in [7, 11) is 1.64. The Kier molecular flexibility index (Phi) is 6.82. The van der Waals surface area contributed by atoms with Gasteiger partial charge in [0.15, 0.2) is 0 Å². The molecule has 0 bridgehead atoms. The number of amides is 1. The molecule has 3 N–H and O–H groups in total. The van der Waals surface area contributed by atoms with Crippen LogP contribution in [0.5, 0.6) is 5.75 Å². The number of carbonyl (C=O) groups is 1. The Balaban J connectivity index is 0.00000200. The Bertz CT molecular complexity index is 440. The molecule has 112 valence electrons. The lowest BCUT2D eigenvalue weighted by atomic mass is 10.00. The molecule has 4 nitrogen and oxygen atoms in total. The van der Waals surface area contributed by atoms with Crippen molar-refractivity contribution < 1.29 is 9.53 Å². The summed E-state index contributed by atoms with van der Waals surface area (Å²) in [4.78, 5) is 11.9. The van der Waals surface area contributed by atoms with Crippen LogP contribution in [0.3, 0.4) is 0 Å². The van der Waals surface area contributed by atoms with Gasteiger partial charge in [-0.05, 0) is 36.5 Å². The minimum atomic E-state index is 0. The smallest absolute Gasteiger partial charge is 0.220 e. The second kappa shape index (κ2) is 8.12. The van der Waals surface area contributed by atoms with Crippen LogP contribution >= 0.6 is 12.4 Å². The molecule has 1 aliphatic rings. The maximum Gasteiger partial charge on any atom is 0.220 e. The third-order valence-electron chi connectivity index (χ3n) is 3.79. The van der Waals surface area contributed by atoms with E-state index in [1.54, 1.807) is 7.11 Å². The SMILES string of the molecule is COc1cccc(CNC(=O)C[C@@H]2CCC[C@H]2N)c1.Cl. The third-order valence-corrected chi connectivity index (χ3v) is 3.79. The topological polar surface area (TPSA) is 64.3 Å². The second-order valence-corrected chi connectivity index (χ2v) is 5.19. The molecule has 0 saturated heterocycles. The van der Waals surface area contributed by atoms with E-state index in [9.17, 15) is 4.79 Å². The number of hydrogen-bond acceptors (Lipinski definition) is 3. The molecule has 0 heterocycles. The van der Waals surface area contributed by atoms with Crippen molar-refractivity contribution in [1.29, 1.82) is 0 Å². The molecule has 0 radical (unpaired) electrons. The fraction of sp³-hybridized carbons (Fsp3) is 0.533. The normalized spacial score (nSPS) is 21.1. The minimum absolute atomic E-state index is 0. The summed E-state index contributed by atoms with van der Waals surface area (Å²) >= 11 is 0. The van der Waals surface area contributed by atoms with Crippen LogP contribution in [0, 0.1) is 5.92 Å². The highest BCUT2D eigenvalue weighted by Gasteiger charge is 2.25. The molecule has 0 unspecified atom stereocenters. The van der Waals surface area contributed by atoms with E-state index in [4.69, 9.17) is 10.5 Å². The predicted molar refractivity (Wildman–Crippen MR) is 82.0 cm³/mol. The molecule has 1 amide bonds. The van der Waals surface area contributed by atoms with Gasteiger partial charge >= 0.3 is 0 Å². The van der Waals surface area contributed by atoms with E-state index < -0.39 is 0 Å². The third kappa shape index (κ3) is 4.69. The van der Waals surface area contributed by atoms with E-state index in [1.807, 2.05) is 24.3 Å². The number of carbonyl (C=O) groups excluding carboxylic acids is 1. The summed E-state index contributed by atoms with van der Waals surface area (Å²) in [5.41, 5.74) is 7.02. The first kappa shape index (κ1) is 16.8. The minimum Gasteiger partial charge on any atom is -0.497 e. The van der Waals surface area contributed by atoms with Crippen LogP contribution < -0.4 is 15.8 Å². The van der Waals surface area contributed by atoms with Crippen molar-refractivity contribution in [2.75, 3.05) is 7.11 Å². The van der Waals surface area contributed by atoms with Gasteiger partial charge in [0.2, 0.25) is 5.91 Å². The molecule has 20 heavy (non-hydrogen) atoms. The molecule has 0 aliphatic heterocycles. The molecular formula is C15H23ClN2O2. The van der Waals surface area contributed by atoms with E-state index in [-0.39, 0.29) is 24.4 Å². The van der Waals surface area contributed by atoms with Crippen molar-refractivity contribution in [3.8, 4) is 5.75 Å². The summed E-state index contributed by atoms with van der Waals surface area (Å²) < 4.78 is 5.15. The number of methoxy groups -OCH3 is 1. The Morgan fingerprint density at radius 1 is 1.45 bits per heavy atom. The van der Waals surface area contributed by atoms with Crippen molar-refractivity contribution in [1.82, 2.24) is 5.32 Å². The highest BCUT2D eigenvalue weighted by Crippen LogP contribution is 2.26. The first-order chi connectivity index (χ1) is 9.19. The molecular weight excluding hydrogens is 276 g/mol. The Morgan fingerprint density at radius 2 is 2.25 bits per heavy atom. The van der Waals surface area contributed by atoms with E-state index in [1.165, 1.54) is 0 Å². The van der Waals surface area contributed by atoms with Gasteiger partial charge in [-0.25, -0.2) is 0 Å². The van der Waals surface area contributed by atoms with Crippen LogP contribution in [-0.4, -0.2) is 19.1 Å². The Labute approximate surface area is 126 Å². The van der Waals surface area contributed by atoms with Crippen LogP contribution in [0.2, 0.25) is 0 Å². The molecule has 1 aromatic carbocycles. The number of rotatable bonds is 5. The first-order valence-electron chi connectivity index (χ1n) is 6.84. The quantitative estimate of drug-likeness (QED) is 0.876. The number of benzene rings is 1. The average molecular weight is 299 g/mol. The molecule has 1 fully saturated rings. The van der Waals surface area contributed by atoms with Gasteiger partial charge in [0.1, 0.15) is 5.75 Å². The van der Waals surface area contributed by atoms with E-state index in [2.05, 4.69) is 5.32 Å². The zero-order valence-corrected chi connectivity index (χ0v) is 12.6. The number of nitrogens with one attached hydrogen (secondary N) is 1.